The van der Waals surface area contributed by atoms with Gasteiger partial charge < -0.3 is 9.64 Å². The number of rotatable bonds is 9. The Morgan fingerprint density at radius 2 is 1.77 bits per heavy atom. The number of ketones is 2. The minimum absolute atomic E-state index is 0.00996. The number of hydrogen-bond acceptors (Lipinski definition) is 6. The molecule has 144 valence electrons. The van der Waals surface area contributed by atoms with E-state index in [4.69, 9.17) is 4.74 Å². The van der Waals surface area contributed by atoms with Crippen molar-refractivity contribution in [1.29, 1.82) is 0 Å². The molecule has 0 radical (unpaired) electrons. The third-order valence-corrected chi connectivity index (χ3v) is 4.69. The van der Waals surface area contributed by atoms with Crippen LogP contribution in [0.25, 0.3) is 0 Å². The Morgan fingerprint density at radius 3 is 2.31 bits per heavy atom. The predicted molar refractivity (Wildman–Crippen MR) is 103 cm³/mol. The molecule has 0 spiro atoms. The lowest BCUT2D eigenvalue weighted by Crippen LogP contribution is -2.47. The quantitative estimate of drug-likeness (QED) is 0.497. The smallest absolute Gasteiger partial charge is 0.166 e. The van der Waals surface area contributed by atoms with E-state index < -0.39 is 0 Å². The summed E-state index contributed by atoms with van der Waals surface area (Å²) in [5.74, 6) is 1.23. The van der Waals surface area contributed by atoms with E-state index in [9.17, 15) is 9.59 Å². The number of anilines is 1. The van der Waals surface area contributed by atoms with Gasteiger partial charge in [0.1, 0.15) is 12.4 Å². The number of ether oxygens (including phenoxy) is 1. The van der Waals surface area contributed by atoms with Gasteiger partial charge >= 0.3 is 0 Å². The Balaban J connectivity index is 1.73. The first-order chi connectivity index (χ1) is 12.4. The van der Waals surface area contributed by atoms with Crippen LogP contribution in [0.4, 0.5) is 5.82 Å². The highest BCUT2D eigenvalue weighted by Crippen LogP contribution is 2.16. The van der Waals surface area contributed by atoms with E-state index in [0.717, 1.165) is 38.5 Å². The van der Waals surface area contributed by atoms with E-state index in [-0.39, 0.29) is 30.0 Å². The summed E-state index contributed by atoms with van der Waals surface area (Å²) in [7, 11) is 0. The maximum absolute atomic E-state index is 12.0. The molecule has 2 heterocycles. The monoisotopic (exact) mass is 361 g/mol. The molecule has 0 saturated carbocycles. The Bertz CT molecular complexity index is 591. The summed E-state index contributed by atoms with van der Waals surface area (Å²) in [4.78, 5) is 32.6. The van der Waals surface area contributed by atoms with Crippen LogP contribution in [0.3, 0.4) is 0 Å². The van der Waals surface area contributed by atoms with Crippen LogP contribution in [0.2, 0.25) is 0 Å². The third kappa shape index (κ3) is 5.88. The summed E-state index contributed by atoms with van der Waals surface area (Å²) in [6, 6.07) is 3.81. The maximum Gasteiger partial charge on any atom is 0.166 e. The van der Waals surface area contributed by atoms with Gasteiger partial charge in [-0.15, -0.1) is 0 Å². The fourth-order valence-corrected chi connectivity index (χ4v) is 2.79. The van der Waals surface area contributed by atoms with Crippen molar-refractivity contribution >= 4 is 17.4 Å². The SMILES string of the molecule is CC(C)C(=O)COCCN1CCN(c2ccc(C(=O)C(C)C)cn2)CC1. The van der Waals surface area contributed by atoms with Gasteiger partial charge in [-0.1, -0.05) is 27.7 Å². The van der Waals surface area contributed by atoms with E-state index in [1.807, 2.05) is 39.8 Å². The first-order valence-corrected chi connectivity index (χ1v) is 9.46. The minimum Gasteiger partial charge on any atom is -0.372 e. The maximum atomic E-state index is 12.0. The van der Waals surface area contributed by atoms with Gasteiger partial charge in [0, 0.05) is 56.3 Å². The van der Waals surface area contributed by atoms with Gasteiger partial charge in [-0.2, -0.15) is 0 Å². The van der Waals surface area contributed by atoms with Gasteiger partial charge in [0.2, 0.25) is 0 Å². The van der Waals surface area contributed by atoms with E-state index in [1.54, 1.807) is 6.20 Å². The number of Topliss-reactive ketones (excluding diaryl/α,β-unsaturated/α-hetero) is 2. The highest BCUT2D eigenvalue weighted by molar-refractivity contribution is 5.97. The van der Waals surface area contributed by atoms with E-state index >= 15 is 0 Å². The zero-order chi connectivity index (χ0) is 19.1. The predicted octanol–water partition coefficient (Wildman–Crippen LogP) is 2.28. The molecule has 1 aromatic rings. The normalized spacial score (nSPS) is 15.7. The van der Waals surface area contributed by atoms with Gasteiger partial charge in [0.05, 0.1) is 6.61 Å². The number of hydrogen-bond donors (Lipinski definition) is 0. The van der Waals surface area contributed by atoms with Crippen LogP contribution in [0.1, 0.15) is 38.1 Å². The first kappa shape index (κ1) is 20.5. The van der Waals surface area contributed by atoms with Crippen LogP contribution in [0.15, 0.2) is 18.3 Å². The van der Waals surface area contributed by atoms with Crippen molar-refractivity contribution < 1.29 is 14.3 Å². The zero-order valence-corrected chi connectivity index (χ0v) is 16.4. The second-order valence-corrected chi connectivity index (χ2v) is 7.43. The lowest BCUT2D eigenvalue weighted by molar-refractivity contribution is -0.126. The lowest BCUT2D eigenvalue weighted by atomic mass is 10.0. The van der Waals surface area contributed by atoms with Crippen LogP contribution in [0.5, 0.6) is 0 Å². The molecule has 1 fully saturated rings. The molecule has 6 heteroatoms. The average Bonchev–Trinajstić information content (AvgIpc) is 2.65. The number of aromatic nitrogens is 1. The highest BCUT2D eigenvalue weighted by atomic mass is 16.5. The van der Waals surface area contributed by atoms with Crippen molar-refractivity contribution in [1.82, 2.24) is 9.88 Å². The minimum atomic E-state index is -0.00996. The molecule has 0 aliphatic carbocycles. The lowest BCUT2D eigenvalue weighted by Gasteiger charge is -2.35. The molecule has 6 nitrogen and oxygen atoms in total. The fraction of sp³-hybridized carbons (Fsp3) is 0.650. The molecule has 2 rings (SSSR count). The number of carbonyl (C=O) groups is 2. The second kappa shape index (κ2) is 9.78. The molecule has 0 aromatic carbocycles. The molecular formula is C20H31N3O3. The summed E-state index contributed by atoms with van der Waals surface area (Å²) in [6.45, 7) is 12.9. The standard InChI is InChI=1S/C20H31N3O3/c1-15(2)18(24)14-26-12-11-22-7-9-23(10-8-22)19-6-5-17(13-21-19)20(25)16(3)4/h5-6,13,15-16H,7-12,14H2,1-4H3. The number of carbonyl (C=O) groups excluding carboxylic acids is 2. The van der Waals surface area contributed by atoms with Crippen molar-refractivity contribution in [3.63, 3.8) is 0 Å². The van der Waals surface area contributed by atoms with Crippen molar-refractivity contribution in [2.45, 2.75) is 27.7 Å². The molecule has 1 aromatic heterocycles. The average molecular weight is 361 g/mol. The van der Waals surface area contributed by atoms with Crippen molar-refractivity contribution in [3.05, 3.63) is 23.9 Å². The largest absolute Gasteiger partial charge is 0.372 e. The molecule has 1 saturated heterocycles. The molecular weight excluding hydrogens is 330 g/mol. The summed E-state index contributed by atoms with van der Waals surface area (Å²) in [6.07, 6.45) is 1.68. The number of piperazine rings is 1. The molecule has 26 heavy (non-hydrogen) atoms. The zero-order valence-electron chi connectivity index (χ0n) is 16.4. The summed E-state index contributed by atoms with van der Waals surface area (Å²) >= 11 is 0. The second-order valence-electron chi connectivity index (χ2n) is 7.43. The Labute approximate surface area is 156 Å². The Kier molecular flexibility index (Phi) is 7.72. The van der Waals surface area contributed by atoms with Crippen LogP contribution in [0, 0.1) is 11.8 Å². The van der Waals surface area contributed by atoms with Crippen LogP contribution < -0.4 is 4.90 Å². The number of pyridine rings is 1. The molecule has 0 bridgehead atoms. The molecule has 1 aliphatic rings. The van der Waals surface area contributed by atoms with Crippen LogP contribution in [-0.4, -0.2) is 67.4 Å². The first-order valence-electron chi connectivity index (χ1n) is 9.46. The molecule has 0 unspecified atom stereocenters. The van der Waals surface area contributed by atoms with Crippen molar-refractivity contribution in [3.8, 4) is 0 Å². The van der Waals surface area contributed by atoms with E-state index in [2.05, 4.69) is 14.8 Å². The van der Waals surface area contributed by atoms with Crippen molar-refractivity contribution in [2.24, 2.45) is 11.8 Å². The molecule has 0 N–H and O–H groups in total. The van der Waals surface area contributed by atoms with Gasteiger partial charge in [0.15, 0.2) is 11.6 Å². The van der Waals surface area contributed by atoms with E-state index in [1.165, 1.54) is 0 Å². The van der Waals surface area contributed by atoms with Crippen LogP contribution >= 0.6 is 0 Å². The van der Waals surface area contributed by atoms with Gasteiger partial charge in [-0.25, -0.2) is 4.98 Å². The molecule has 1 aliphatic heterocycles. The van der Waals surface area contributed by atoms with Gasteiger partial charge in [-0.05, 0) is 12.1 Å². The fourth-order valence-electron chi connectivity index (χ4n) is 2.79. The summed E-state index contributed by atoms with van der Waals surface area (Å²) in [5.41, 5.74) is 0.676. The Hall–Kier alpha value is -1.79. The van der Waals surface area contributed by atoms with Gasteiger partial charge in [-0.3, -0.25) is 14.5 Å². The van der Waals surface area contributed by atoms with E-state index in [0.29, 0.717) is 12.2 Å². The van der Waals surface area contributed by atoms with Crippen molar-refractivity contribution in [2.75, 3.05) is 50.8 Å². The molecule has 0 atom stereocenters. The topological polar surface area (TPSA) is 62.7 Å². The number of nitrogens with zero attached hydrogens (tertiary/aromatic N) is 3. The van der Waals surface area contributed by atoms with Gasteiger partial charge in [0.25, 0.3) is 0 Å². The summed E-state index contributed by atoms with van der Waals surface area (Å²) in [5, 5.41) is 0. The third-order valence-electron chi connectivity index (χ3n) is 4.69. The highest BCUT2D eigenvalue weighted by Gasteiger charge is 2.19. The van der Waals surface area contributed by atoms with Crippen LogP contribution in [-0.2, 0) is 9.53 Å². The molecule has 0 amide bonds. The Morgan fingerprint density at radius 1 is 1.08 bits per heavy atom. The summed E-state index contributed by atoms with van der Waals surface area (Å²) < 4.78 is 5.48.